The van der Waals surface area contributed by atoms with Crippen molar-refractivity contribution in [2.24, 2.45) is 28.7 Å². The molecule has 5 atom stereocenters. The molecule has 0 aromatic heterocycles. The van der Waals surface area contributed by atoms with E-state index < -0.39 is 0 Å². The molecule has 3 fully saturated rings. The van der Waals surface area contributed by atoms with Gasteiger partial charge in [0, 0.05) is 18.7 Å². The highest BCUT2D eigenvalue weighted by molar-refractivity contribution is 5.90. The van der Waals surface area contributed by atoms with Gasteiger partial charge in [0.05, 0.1) is 5.60 Å². The molecular weight excluding hydrogens is 174 g/mol. The zero-order valence-electron chi connectivity index (χ0n) is 9.03. The van der Waals surface area contributed by atoms with Crippen molar-refractivity contribution in [3.05, 3.63) is 0 Å². The Hall–Kier alpha value is -0.370. The summed E-state index contributed by atoms with van der Waals surface area (Å²) in [6.45, 7) is 2.23. The lowest BCUT2D eigenvalue weighted by atomic mass is 9.62. The third kappa shape index (κ3) is 0.979. The van der Waals surface area contributed by atoms with Gasteiger partial charge in [0.25, 0.3) is 0 Å². The summed E-state index contributed by atoms with van der Waals surface area (Å²) < 4.78 is 0. The van der Waals surface area contributed by atoms with Gasteiger partial charge >= 0.3 is 0 Å². The van der Waals surface area contributed by atoms with Gasteiger partial charge in [-0.05, 0) is 43.4 Å². The maximum Gasteiger partial charge on any atom is 0.0659 e. The fourth-order valence-corrected chi connectivity index (χ4v) is 4.30. The molecule has 1 N–H and O–H groups in total. The summed E-state index contributed by atoms with van der Waals surface area (Å²) in [4.78, 5) is 4.46. The van der Waals surface area contributed by atoms with Gasteiger partial charge < -0.3 is 5.11 Å². The van der Waals surface area contributed by atoms with E-state index in [9.17, 15) is 5.11 Å². The normalized spacial score (nSPS) is 58.4. The Balaban J connectivity index is 1.98. The van der Waals surface area contributed by atoms with Crippen molar-refractivity contribution in [2.45, 2.75) is 38.2 Å². The Morgan fingerprint density at radius 2 is 2.14 bits per heavy atom. The third-order valence-electron chi connectivity index (χ3n) is 4.77. The topological polar surface area (TPSA) is 32.6 Å². The molecule has 3 saturated carbocycles. The van der Waals surface area contributed by atoms with Crippen molar-refractivity contribution in [3.63, 3.8) is 0 Å². The Morgan fingerprint density at radius 1 is 1.36 bits per heavy atom. The summed E-state index contributed by atoms with van der Waals surface area (Å²) in [6.07, 6.45) is 4.36. The SMILES string of the molecule is CN=C1C(C)CC2(O)CC3CC1C3C2. The molecule has 0 saturated heterocycles. The van der Waals surface area contributed by atoms with Crippen LogP contribution >= 0.6 is 0 Å². The number of aliphatic hydroxyl groups is 1. The molecule has 2 bridgehead atoms. The lowest BCUT2D eigenvalue weighted by molar-refractivity contribution is 0.0282. The summed E-state index contributed by atoms with van der Waals surface area (Å²) in [7, 11) is 1.92. The molecule has 78 valence electrons. The van der Waals surface area contributed by atoms with Crippen LogP contribution in [0.5, 0.6) is 0 Å². The summed E-state index contributed by atoms with van der Waals surface area (Å²) >= 11 is 0. The molecule has 2 nitrogen and oxygen atoms in total. The van der Waals surface area contributed by atoms with Crippen molar-refractivity contribution in [1.29, 1.82) is 0 Å². The molecule has 3 aliphatic rings. The number of fused-ring (bicyclic) bond motifs is 1. The smallest absolute Gasteiger partial charge is 0.0659 e. The summed E-state index contributed by atoms with van der Waals surface area (Å²) in [5.41, 5.74) is 1.05. The van der Waals surface area contributed by atoms with Gasteiger partial charge in [0.2, 0.25) is 0 Å². The van der Waals surface area contributed by atoms with Crippen LogP contribution in [-0.2, 0) is 0 Å². The Kier molecular flexibility index (Phi) is 1.65. The molecule has 2 heteroatoms. The molecule has 0 aromatic rings. The molecule has 5 unspecified atom stereocenters. The van der Waals surface area contributed by atoms with E-state index in [4.69, 9.17) is 0 Å². The first-order valence-electron chi connectivity index (χ1n) is 5.82. The molecule has 0 spiro atoms. The van der Waals surface area contributed by atoms with Crippen molar-refractivity contribution in [1.82, 2.24) is 0 Å². The van der Waals surface area contributed by atoms with Gasteiger partial charge in [-0.3, -0.25) is 4.99 Å². The average molecular weight is 193 g/mol. The highest BCUT2D eigenvalue weighted by atomic mass is 16.3. The minimum absolute atomic E-state index is 0.337. The Morgan fingerprint density at radius 3 is 2.86 bits per heavy atom. The zero-order chi connectivity index (χ0) is 9.92. The molecular formula is C12H19NO. The minimum atomic E-state index is -0.337. The lowest BCUT2D eigenvalue weighted by Crippen LogP contribution is -2.41. The van der Waals surface area contributed by atoms with Crippen LogP contribution in [0, 0.1) is 23.7 Å². The van der Waals surface area contributed by atoms with E-state index in [1.807, 2.05) is 7.05 Å². The van der Waals surface area contributed by atoms with Gasteiger partial charge in [-0.1, -0.05) is 6.92 Å². The summed E-state index contributed by atoms with van der Waals surface area (Å²) in [5.74, 6) is 2.80. The molecule has 3 aliphatic carbocycles. The minimum Gasteiger partial charge on any atom is -0.390 e. The molecule has 0 amide bonds. The summed E-state index contributed by atoms with van der Waals surface area (Å²) in [6, 6.07) is 0. The van der Waals surface area contributed by atoms with Crippen LogP contribution in [0.15, 0.2) is 4.99 Å². The quantitative estimate of drug-likeness (QED) is 0.626. The van der Waals surface area contributed by atoms with Crippen LogP contribution < -0.4 is 0 Å². The number of hydrogen-bond donors (Lipinski definition) is 1. The van der Waals surface area contributed by atoms with E-state index in [2.05, 4.69) is 11.9 Å². The maximum atomic E-state index is 10.4. The van der Waals surface area contributed by atoms with Gasteiger partial charge in [0.15, 0.2) is 0 Å². The molecule has 3 rings (SSSR count). The first-order chi connectivity index (χ1) is 6.63. The van der Waals surface area contributed by atoms with E-state index in [1.54, 1.807) is 0 Å². The van der Waals surface area contributed by atoms with E-state index in [-0.39, 0.29) is 5.60 Å². The molecule has 0 heterocycles. The number of aliphatic imine (C=N–C) groups is 1. The lowest BCUT2D eigenvalue weighted by Gasteiger charge is -2.43. The second-order valence-corrected chi connectivity index (χ2v) is 5.65. The van der Waals surface area contributed by atoms with Gasteiger partial charge in [0.1, 0.15) is 0 Å². The predicted octanol–water partition coefficient (Wildman–Crippen LogP) is 1.87. The van der Waals surface area contributed by atoms with E-state index in [0.717, 1.165) is 37.0 Å². The first-order valence-corrected chi connectivity index (χ1v) is 5.82. The van der Waals surface area contributed by atoms with Crippen LogP contribution in [0.1, 0.15) is 32.6 Å². The number of hydrogen-bond acceptors (Lipinski definition) is 2. The van der Waals surface area contributed by atoms with Crippen LogP contribution in [0.3, 0.4) is 0 Å². The van der Waals surface area contributed by atoms with Gasteiger partial charge in [-0.15, -0.1) is 0 Å². The van der Waals surface area contributed by atoms with Crippen molar-refractivity contribution in [2.75, 3.05) is 7.05 Å². The highest BCUT2D eigenvalue weighted by Gasteiger charge is 2.58. The van der Waals surface area contributed by atoms with Crippen molar-refractivity contribution < 1.29 is 5.11 Å². The zero-order valence-corrected chi connectivity index (χ0v) is 9.03. The Bertz CT molecular complexity index is 299. The fourth-order valence-electron chi connectivity index (χ4n) is 4.30. The molecule has 0 aliphatic heterocycles. The van der Waals surface area contributed by atoms with Crippen molar-refractivity contribution >= 4 is 5.71 Å². The Labute approximate surface area is 85.4 Å². The van der Waals surface area contributed by atoms with Crippen LogP contribution in [0.2, 0.25) is 0 Å². The molecule has 0 aromatic carbocycles. The second-order valence-electron chi connectivity index (χ2n) is 5.65. The highest BCUT2D eigenvalue weighted by Crippen LogP contribution is 2.59. The van der Waals surface area contributed by atoms with E-state index in [1.165, 1.54) is 12.1 Å². The van der Waals surface area contributed by atoms with E-state index >= 15 is 0 Å². The van der Waals surface area contributed by atoms with Crippen LogP contribution in [0.4, 0.5) is 0 Å². The van der Waals surface area contributed by atoms with Crippen LogP contribution in [0.25, 0.3) is 0 Å². The first kappa shape index (κ1) is 8.90. The summed E-state index contributed by atoms with van der Waals surface area (Å²) in [5, 5.41) is 10.4. The standard InChI is InChI=1S/C12H19NO/c1-7-4-12(14)5-8-3-9(10(8)6-12)11(7)13-2/h7-10,14H,3-6H2,1-2H3. The van der Waals surface area contributed by atoms with Crippen molar-refractivity contribution in [3.8, 4) is 0 Å². The number of nitrogens with zero attached hydrogens (tertiary/aromatic N) is 1. The van der Waals surface area contributed by atoms with Crippen LogP contribution in [-0.4, -0.2) is 23.5 Å². The monoisotopic (exact) mass is 193 g/mol. The number of rotatable bonds is 0. The van der Waals surface area contributed by atoms with E-state index in [0.29, 0.717) is 5.92 Å². The largest absolute Gasteiger partial charge is 0.390 e. The predicted molar refractivity (Wildman–Crippen MR) is 56.4 cm³/mol. The average Bonchev–Trinajstić information content (AvgIpc) is 2.30. The third-order valence-corrected chi connectivity index (χ3v) is 4.77. The van der Waals surface area contributed by atoms with Gasteiger partial charge in [-0.25, -0.2) is 0 Å². The molecule has 14 heavy (non-hydrogen) atoms. The fraction of sp³-hybridized carbons (Fsp3) is 0.917. The molecule has 0 radical (unpaired) electrons. The maximum absolute atomic E-state index is 10.4. The van der Waals surface area contributed by atoms with Gasteiger partial charge in [-0.2, -0.15) is 0 Å². The second kappa shape index (κ2) is 2.60.